The minimum Gasteiger partial charge on any atom is -0.497 e. The number of nitrogens with zero attached hydrogens (tertiary/aromatic N) is 3. The first-order valence-corrected chi connectivity index (χ1v) is 13.8. The molecule has 0 atom stereocenters. The van der Waals surface area contributed by atoms with Crippen molar-refractivity contribution in [2.24, 2.45) is 5.10 Å². The Morgan fingerprint density at radius 3 is 2.34 bits per heavy atom. The van der Waals surface area contributed by atoms with Crippen LogP contribution in [0.25, 0.3) is 0 Å². The molecule has 218 valence electrons. The Morgan fingerprint density at radius 2 is 1.68 bits per heavy atom. The first-order chi connectivity index (χ1) is 19.7. The summed E-state index contributed by atoms with van der Waals surface area (Å²) < 4.78 is 49.9. The van der Waals surface area contributed by atoms with Crippen molar-refractivity contribution >= 4 is 33.5 Å². The third-order valence-corrected chi connectivity index (χ3v) is 7.35. The van der Waals surface area contributed by atoms with Gasteiger partial charge in [0.15, 0.2) is 16.4 Å². The van der Waals surface area contributed by atoms with Gasteiger partial charge in [0.1, 0.15) is 18.0 Å². The smallest absolute Gasteiger partial charge is 0.289 e. The molecule has 3 aromatic carbocycles. The summed E-state index contributed by atoms with van der Waals surface area (Å²) in [5.74, 6) is 0.653. The number of hydrogen-bond acceptors (Lipinski definition) is 10. The van der Waals surface area contributed by atoms with Crippen LogP contribution in [0.2, 0.25) is 0 Å². The number of ether oxygens (including phenoxy) is 4. The molecular weight excluding hydrogens is 556 g/mol. The van der Waals surface area contributed by atoms with Crippen LogP contribution >= 0.6 is 0 Å². The molecule has 0 saturated heterocycles. The van der Waals surface area contributed by atoms with Gasteiger partial charge in [-0.15, -0.1) is 0 Å². The van der Waals surface area contributed by atoms with Crippen LogP contribution in [0.15, 0.2) is 70.7 Å². The molecule has 0 saturated carbocycles. The lowest BCUT2D eigenvalue weighted by molar-refractivity contribution is -0.387. The highest BCUT2D eigenvalue weighted by molar-refractivity contribution is 7.93. The van der Waals surface area contributed by atoms with Crippen LogP contribution < -0.4 is 28.7 Å². The summed E-state index contributed by atoms with van der Waals surface area (Å²) in [6, 6.07) is 14.2. The summed E-state index contributed by atoms with van der Waals surface area (Å²) in [6.07, 6.45) is 1.35. The molecule has 0 bridgehead atoms. The second kappa shape index (κ2) is 14.0. The quantitative estimate of drug-likeness (QED) is 0.169. The van der Waals surface area contributed by atoms with Gasteiger partial charge in [0.2, 0.25) is 0 Å². The molecule has 41 heavy (non-hydrogen) atoms. The lowest BCUT2D eigenvalue weighted by Gasteiger charge is -2.25. The molecule has 0 spiro atoms. The maximum Gasteiger partial charge on any atom is 0.289 e. The normalized spacial score (nSPS) is 11.1. The number of rotatable bonds is 14. The number of carbonyl (C=O) groups is 1. The first-order valence-electron chi connectivity index (χ1n) is 12.4. The monoisotopic (exact) mass is 586 g/mol. The minimum atomic E-state index is -4.65. The van der Waals surface area contributed by atoms with Crippen molar-refractivity contribution in [2.75, 3.05) is 38.3 Å². The van der Waals surface area contributed by atoms with E-state index in [1.165, 1.54) is 50.8 Å². The molecule has 0 aromatic heterocycles. The van der Waals surface area contributed by atoms with Crippen LogP contribution in [0.1, 0.15) is 19.4 Å². The van der Waals surface area contributed by atoms with E-state index < -0.39 is 38.0 Å². The van der Waals surface area contributed by atoms with Gasteiger partial charge in [-0.25, -0.2) is 13.8 Å². The zero-order valence-electron chi connectivity index (χ0n) is 22.9. The van der Waals surface area contributed by atoms with Crippen LogP contribution in [-0.2, 0) is 14.8 Å². The van der Waals surface area contributed by atoms with Gasteiger partial charge in [-0.1, -0.05) is 12.1 Å². The van der Waals surface area contributed by atoms with E-state index in [0.29, 0.717) is 40.3 Å². The van der Waals surface area contributed by atoms with Gasteiger partial charge in [-0.3, -0.25) is 19.2 Å². The van der Waals surface area contributed by atoms with Crippen molar-refractivity contribution in [2.45, 2.75) is 18.7 Å². The highest BCUT2D eigenvalue weighted by Crippen LogP contribution is 2.37. The van der Waals surface area contributed by atoms with E-state index in [1.54, 1.807) is 18.2 Å². The van der Waals surface area contributed by atoms with Gasteiger partial charge in [0.05, 0.1) is 44.3 Å². The SMILES string of the molecule is CCOc1ccc(/C=N\NC(=O)CN(c2ccc(OC)cc2OC)S(=O)(=O)c2ccccc2[N+](=O)[O-])cc1OCC. The summed E-state index contributed by atoms with van der Waals surface area (Å²) >= 11 is 0. The lowest BCUT2D eigenvalue weighted by Crippen LogP contribution is -2.40. The average Bonchev–Trinajstić information content (AvgIpc) is 2.97. The van der Waals surface area contributed by atoms with Gasteiger partial charge in [0.25, 0.3) is 21.6 Å². The molecule has 0 unspecified atom stereocenters. The number of nitro benzene ring substituents is 1. The van der Waals surface area contributed by atoms with Crippen molar-refractivity contribution in [3.63, 3.8) is 0 Å². The number of anilines is 1. The molecule has 0 heterocycles. The molecule has 1 N–H and O–H groups in total. The number of hydrogen-bond donors (Lipinski definition) is 1. The van der Waals surface area contributed by atoms with Crippen molar-refractivity contribution in [3.05, 3.63) is 76.3 Å². The van der Waals surface area contributed by atoms with Crippen molar-refractivity contribution in [1.29, 1.82) is 0 Å². The number of methoxy groups -OCH3 is 2. The van der Waals surface area contributed by atoms with E-state index in [0.717, 1.165) is 12.1 Å². The molecule has 0 aliphatic rings. The van der Waals surface area contributed by atoms with E-state index in [-0.39, 0.29) is 11.4 Å². The number of benzene rings is 3. The summed E-state index contributed by atoms with van der Waals surface area (Å²) in [6.45, 7) is 3.77. The Morgan fingerprint density at radius 1 is 0.976 bits per heavy atom. The number of para-hydroxylation sites is 1. The fraction of sp³-hybridized carbons (Fsp3) is 0.259. The largest absolute Gasteiger partial charge is 0.497 e. The molecule has 0 fully saturated rings. The van der Waals surface area contributed by atoms with Crippen LogP contribution in [0.5, 0.6) is 23.0 Å². The highest BCUT2D eigenvalue weighted by Gasteiger charge is 2.34. The summed E-state index contributed by atoms with van der Waals surface area (Å²) in [7, 11) is -1.92. The molecule has 0 aliphatic heterocycles. The maximum atomic E-state index is 13.8. The molecule has 13 nitrogen and oxygen atoms in total. The molecule has 1 amide bonds. The molecular formula is C27H30N4O9S. The number of carbonyl (C=O) groups excluding carboxylic acids is 1. The number of hydrazone groups is 1. The van der Waals surface area contributed by atoms with Gasteiger partial charge < -0.3 is 18.9 Å². The number of nitrogens with one attached hydrogen (secondary N) is 1. The van der Waals surface area contributed by atoms with E-state index in [1.807, 2.05) is 13.8 Å². The standard InChI is InChI=1S/C27H30N4O9S/c1-5-39-23-14-11-19(15-25(23)40-6-2)17-28-29-27(32)18-30(21-13-12-20(37-3)16-24(21)38-4)41(35,36)26-10-8-7-9-22(26)31(33)34/h7-17H,5-6,18H2,1-4H3,(H,29,32)/b28-17-. The summed E-state index contributed by atoms with van der Waals surface area (Å²) in [5, 5.41) is 15.6. The van der Waals surface area contributed by atoms with Gasteiger partial charge in [0, 0.05) is 12.1 Å². The average molecular weight is 587 g/mol. The van der Waals surface area contributed by atoms with Crippen LogP contribution in [0.3, 0.4) is 0 Å². The van der Waals surface area contributed by atoms with Crippen LogP contribution in [0, 0.1) is 10.1 Å². The topological polar surface area (TPSA) is 159 Å². The van der Waals surface area contributed by atoms with Crippen LogP contribution in [-0.4, -0.2) is 59.4 Å². The summed E-state index contributed by atoms with van der Waals surface area (Å²) in [5.41, 5.74) is 2.19. The van der Waals surface area contributed by atoms with Gasteiger partial charge in [-0.05, 0) is 55.8 Å². The maximum absolute atomic E-state index is 13.8. The Kier molecular flexibility index (Phi) is 10.5. The first kappa shape index (κ1) is 30.7. The number of sulfonamides is 1. The van der Waals surface area contributed by atoms with E-state index in [4.69, 9.17) is 18.9 Å². The van der Waals surface area contributed by atoms with Crippen molar-refractivity contribution < 1.29 is 37.1 Å². The molecule has 0 radical (unpaired) electrons. The predicted octanol–water partition coefficient (Wildman–Crippen LogP) is 3.76. The summed E-state index contributed by atoms with van der Waals surface area (Å²) in [4.78, 5) is 23.2. The zero-order chi connectivity index (χ0) is 30.0. The molecule has 3 rings (SSSR count). The molecule has 0 aliphatic carbocycles. The van der Waals surface area contributed by atoms with E-state index in [2.05, 4.69) is 10.5 Å². The molecule has 14 heteroatoms. The second-order valence-electron chi connectivity index (χ2n) is 8.14. The van der Waals surface area contributed by atoms with Gasteiger partial charge >= 0.3 is 0 Å². The fourth-order valence-corrected chi connectivity index (χ4v) is 5.32. The van der Waals surface area contributed by atoms with Crippen molar-refractivity contribution in [1.82, 2.24) is 5.43 Å². The Hall–Kier alpha value is -4.85. The highest BCUT2D eigenvalue weighted by atomic mass is 32.2. The minimum absolute atomic E-state index is 0.0431. The Labute approximate surface area is 237 Å². The van der Waals surface area contributed by atoms with Crippen LogP contribution in [0.4, 0.5) is 11.4 Å². The zero-order valence-corrected chi connectivity index (χ0v) is 23.7. The third-order valence-electron chi connectivity index (χ3n) is 5.54. The fourth-order valence-electron chi connectivity index (χ4n) is 3.73. The molecule has 3 aromatic rings. The Bertz CT molecular complexity index is 1530. The number of amides is 1. The van der Waals surface area contributed by atoms with Crippen molar-refractivity contribution in [3.8, 4) is 23.0 Å². The second-order valence-corrected chi connectivity index (χ2v) is 9.97. The van der Waals surface area contributed by atoms with Gasteiger partial charge in [-0.2, -0.15) is 5.10 Å². The van der Waals surface area contributed by atoms with E-state index >= 15 is 0 Å². The third kappa shape index (κ3) is 7.42. The van der Waals surface area contributed by atoms with E-state index in [9.17, 15) is 23.3 Å². The number of nitro groups is 1. The lowest BCUT2D eigenvalue weighted by atomic mass is 10.2. The Balaban J connectivity index is 1.95. The predicted molar refractivity (Wildman–Crippen MR) is 152 cm³/mol.